The molecule has 5 heteroatoms. The molecule has 0 saturated carbocycles. The van der Waals surface area contributed by atoms with Crippen LogP contribution in [-0.2, 0) is 0 Å². The second-order valence-electron chi connectivity index (χ2n) is 6.03. The lowest BCUT2D eigenvalue weighted by atomic mass is 9.99. The molecule has 2 N–H and O–H groups in total. The third kappa shape index (κ3) is 2.61. The van der Waals surface area contributed by atoms with E-state index in [2.05, 4.69) is 0 Å². The van der Waals surface area contributed by atoms with Gasteiger partial charge >= 0.3 is 0 Å². The molecule has 3 aromatic rings. The van der Waals surface area contributed by atoms with Gasteiger partial charge < -0.3 is 10.2 Å². The summed E-state index contributed by atoms with van der Waals surface area (Å²) in [6.07, 6.45) is 0. The minimum atomic E-state index is -0.782. The van der Waals surface area contributed by atoms with Gasteiger partial charge in [-0.05, 0) is 44.5 Å². The molecule has 0 fully saturated rings. The molecular formula is C19H17F2NO2. The van der Waals surface area contributed by atoms with Crippen LogP contribution in [0.1, 0.15) is 29.7 Å². The lowest BCUT2D eigenvalue weighted by Crippen LogP contribution is -2.12. The normalized spacial score (nSPS) is 12.6. The smallest absolute Gasteiger partial charge is 0.196 e. The van der Waals surface area contributed by atoms with E-state index in [1.165, 1.54) is 6.07 Å². The van der Waals surface area contributed by atoms with E-state index in [0.717, 1.165) is 17.7 Å². The van der Waals surface area contributed by atoms with Gasteiger partial charge in [-0.1, -0.05) is 6.07 Å². The van der Waals surface area contributed by atoms with Crippen LogP contribution < -0.4 is 11.2 Å². The van der Waals surface area contributed by atoms with Crippen LogP contribution in [0.2, 0.25) is 0 Å². The molecule has 0 amide bonds. The maximum atomic E-state index is 14.1. The summed E-state index contributed by atoms with van der Waals surface area (Å²) in [5.41, 5.74) is 7.96. The summed E-state index contributed by atoms with van der Waals surface area (Å²) in [5, 5.41) is 0.408. The summed E-state index contributed by atoms with van der Waals surface area (Å²) in [4.78, 5) is 12.7. The highest BCUT2D eigenvalue weighted by Gasteiger charge is 2.19. The van der Waals surface area contributed by atoms with Gasteiger partial charge in [0.25, 0.3) is 0 Å². The first kappa shape index (κ1) is 16.3. The highest BCUT2D eigenvalue weighted by molar-refractivity contribution is 5.84. The summed E-state index contributed by atoms with van der Waals surface area (Å²) in [6.45, 7) is 5.22. The van der Waals surface area contributed by atoms with Crippen molar-refractivity contribution in [3.8, 4) is 11.3 Å². The number of halogens is 2. The molecule has 3 nitrogen and oxygen atoms in total. The standard InChI is InChI=1S/C19H17F2NO2/c1-9-6-14(11(3)22)19-15(7-9)17(23)10(2)18(24-19)13-5-4-12(20)8-16(13)21/h4-8,11H,22H2,1-3H3. The number of rotatable bonds is 2. The van der Waals surface area contributed by atoms with Crippen LogP contribution in [0.25, 0.3) is 22.3 Å². The van der Waals surface area contributed by atoms with Crippen LogP contribution in [-0.4, -0.2) is 0 Å². The summed E-state index contributed by atoms with van der Waals surface area (Å²) in [6, 6.07) is 6.37. The molecule has 124 valence electrons. The highest BCUT2D eigenvalue weighted by Crippen LogP contribution is 2.31. The van der Waals surface area contributed by atoms with Crippen LogP contribution >= 0.6 is 0 Å². The Morgan fingerprint density at radius 3 is 2.46 bits per heavy atom. The van der Waals surface area contributed by atoms with Gasteiger partial charge in [-0.25, -0.2) is 8.78 Å². The average molecular weight is 329 g/mol. The number of benzene rings is 2. The Morgan fingerprint density at radius 2 is 1.83 bits per heavy atom. The van der Waals surface area contributed by atoms with Crippen molar-refractivity contribution in [2.75, 3.05) is 0 Å². The van der Waals surface area contributed by atoms with Crippen molar-refractivity contribution in [1.29, 1.82) is 0 Å². The Kier molecular flexibility index (Phi) is 3.97. The highest BCUT2D eigenvalue weighted by atomic mass is 19.1. The summed E-state index contributed by atoms with van der Waals surface area (Å²) < 4.78 is 33.2. The Bertz CT molecular complexity index is 1010. The maximum Gasteiger partial charge on any atom is 0.196 e. The zero-order valence-electron chi connectivity index (χ0n) is 13.6. The Labute approximate surface area is 137 Å². The van der Waals surface area contributed by atoms with E-state index in [1.807, 2.05) is 13.0 Å². The Hall–Kier alpha value is -2.53. The van der Waals surface area contributed by atoms with Crippen LogP contribution in [0.4, 0.5) is 8.78 Å². The first-order chi connectivity index (χ1) is 11.3. The third-order valence-corrected chi connectivity index (χ3v) is 4.06. The molecule has 0 radical (unpaired) electrons. The monoisotopic (exact) mass is 329 g/mol. The van der Waals surface area contributed by atoms with Crippen LogP contribution in [0.5, 0.6) is 0 Å². The Balaban J connectivity index is 2.43. The van der Waals surface area contributed by atoms with Crippen molar-refractivity contribution in [2.24, 2.45) is 5.73 Å². The molecule has 0 aliphatic carbocycles. The molecule has 1 heterocycles. The van der Waals surface area contributed by atoms with Crippen LogP contribution in [0.3, 0.4) is 0 Å². The predicted octanol–water partition coefficient (Wildman–Crippen LogP) is 4.37. The van der Waals surface area contributed by atoms with Gasteiger partial charge in [0, 0.05) is 23.2 Å². The number of aryl methyl sites for hydroxylation is 1. The molecule has 0 aliphatic rings. The fraction of sp³-hybridized carbons (Fsp3) is 0.211. The summed E-state index contributed by atoms with van der Waals surface area (Å²) in [5.74, 6) is -1.38. The van der Waals surface area contributed by atoms with Gasteiger partial charge in [-0.3, -0.25) is 4.79 Å². The van der Waals surface area contributed by atoms with Gasteiger partial charge in [0.05, 0.1) is 10.9 Å². The predicted molar refractivity (Wildman–Crippen MR) is 89.9 cm³/mol. The van der Waals surface area contributed by atoms with Crippen LogP contribution in [0.15, 0.2) is 39.5 Å². The second-order valence-corrected chi connectivity index (χ2v) is 6.03. The zero-order chi connectivity index (χ0) is 17.6. The second kappa shape index (κ2) is 5.83. The largest absolute Gasteiger partial charge is 0.455 e. The van der Waals surface area contributed by atoms with Gasteiger partial charge in [0.15, 0.2) is 5.43 Å². The molecule has 0 aliphatic heterocycles. The van der Waals surface area contributed by atoms with Crippen molar-refractivity contribution in [2.45, 2.75) is 26.8 Å². The molecule has 1 unspecified atom stereocenters. The molecule has 0 spiro atoms. The quantitative estimate of drug-likeness (QED) is 0.759. The number of hydrogen-bond donors (Lipinski definition) is 1. The van der Waals surface area contributed by atoms with E-state index >= 15 is 0 Å². The maximum absolute atomic E-state index is 14.1. The first-order valence-corrected chi connectivity index (χ1v) is 7.58. The van der Waals surface area contributed by atoms with Gasteiger partial charge in [-0.15, -0.1) is 0 Å². The fourth-order valence-electron chi connectivity index (χ4n) is 2.84. The topological polar surface area (TPSA) is 56.2 Å². The lowest BCUT2D eigenvalue weighted by molar-refractivity contribution is 0.568. The van der Waals surface area contributed by atoms with Crippen LogP contribution in [0, 0.1) is 25.5 Å². The molecule has 1 atom stereocenters. The average Bonchev–Trinajstić information content (AvgIpc) is 2.51. The van der Waals surface area contributed by atoms with E-state index < -0.39 is 11.6 Å². The fourth-order valence-corrected chi connectivity index (χ4v) is 2.84. The number of fused-ring (bicyclic) bond motifs is 1. The van der Waals surface area contributed by atoms with Crippen molar-refractivity contribution < 1.29 is 13.2 Å². The summed E-state index contributed by atoms with van der Waals surface area (Å²) in [7, 11) is 0. The van der Waals surface area contributed by atoms with Crippen molar-refractivity contribution in [3.05, 3.63) is 68.9 Å². The van der Waals surface area contributed by atoms with Gasteiger partial charge in [0.1, 0.15) is 23.0 Å². The van der Waals surface area contributed by atoms with E-state index in [9.17, 15) is 13.6 Å². The lowest BCUT2D eigenvalue weighted by Gasteiger charge is -2.14. The molecule has 0 saturated heterocycles. The van der Waals surface area contributed by atoms with Crippen molar-refractivity contribution >= 4 is 11.0 Å². The molecule has 1 aromatic heterocycles. The Morgan fingerprint density at radius 1 is 1.12 bits per heavy atom. The first-order valence-electron chi connectivity index (χ1n) is 7.58. The number of nitrogens with two attached hydrogens (primary N) is 1. The van der Waals surface area contributed by atoms with E-state index in [1.54, 1.807) is 19.9 Å². The van der Waals surface area contributed by atoms with Gasteiger partial charge in [0.2, 0.25) is 0 Å². The van der Waals surface area contributed by atoms with E-state index in [4.69, 9.17) is 10.2 Å². The molecule has 2 aromatic carbocycles. The van der Waals surface area contributed by atoms with E-state index in [0.29, 0.717) is 16.5 Å². The molecule has 0 bridgehead atoms. The molecular weight excluding hydrogens is 312 g/mol. The van der Waals surface area contributed by atoms with Gasteiger partial charge in [-0.2, -0.15) is 0 Å². The van der Waals surface area contributed by atoms with E-state index in [-0.39, 0.29) is 28.4 Å². The number of hydrogen-bond acceptors (Lipinski definition) is 3. The molecule has 24 heavy (non-hydrogen) atoms. The van der Waals surface area contributed by atoms with Crippen molar-refractivity contribution in [1.82, 2.24) is 0 Å². The SMILES string of the molecule is Cc1cc(C(C)N)c2oc(-c3ccc(F)cc3F)c(C)c(=O)c2c1. The third-order valence-electron chi connectivity index (χ3n) is 4.06. The molecule has 3 rings (SSSR count). The zero-order valence-corrected chi connectivity index (χ0v) is 13.6. The van der Waals surface area contributed by atoms with Crippen molar-refractivity contribution in [3.63, 3.8) is 0 Å². The summed E-state index contributed by atoms with van der Waals surface area (Å²) >= 11 is 0. The minimum absolute atomic E-state index is 0.0455. The minimum Gasteiger partial charge on any atom is -0.455 e.